The number of alkyl halides is 1. The number of hydrogen-bond donors (Lipinski definition) is 2. The Morgan fingerprint density at radius 2 is 1.91 bits per heavy atom. The first kappa shape index (κ1) is 19.0. The van der Waals surface area contributed by atoms with E-state index in [2.05, 4.69) is 4.72 Å². The number of nitrogens with one attached hydrogen (secondary N) is 1. The first-order chi connectivity index (χ1) is 10.6. The van der Waals surface area contributed by atoms with Crippen LogP contribution in [0.2, 0.25) is 5.02 Å². The minimum Gasteiger partial charge on any atom is -0.598 e. The van der Waals surface area contributed by atoms with Crippen LogP contribution in [0.4, 0.5) is 4.39 Å². The lowest BCUT2D eigenvalue weighted by molar-refractivity contribution is -0.0408. The van der Waals surface area contributed by atoms with Crippen LogP contribution in [0.5, 0.6) is 0 Å². The summed E-state index contributed by atoms with van der Waals surface area (Å²) in [6.45, 7) is 5.59. The lowest BCUT2D eigenvalue weighted by Gasteiger charge is -2.41. The Morgan fingerprint density at radius 3 is 2.43 bits per heavy atom. The lowest BCUT2D eigenvalue weighted by Crippen LogP contribution is -2.51. The standard InChI is InChI=1S/C17H25ClFNO2S/c1-16(2,3)23(22)20-15(13-6-4-5-7-14(13)18)17(21)10-8-12(19)9-11-17/h4-7,12,15,20-21H,8-11H2,1-3H3/t12-,15-,17+,23?/m0/s1. The molecule has 130 valence electrons. The highest BCUT2D eigenvalue weighted by molar-refractivity contribution is 7.90. The van der Waals surface area contributed by atoms with E-state index in [1.807, 2.05) is 39.0 Å². The number of benzene rings is 1. The van der Waals surface area contributed by atoms with Gasteiger partial charge < -0.3 is 9.66 Å². The fourth-order valence-corrected chi connectivity index (χ4v) is 3.99. The quantitative estimate of drug-likeness (QED) is 0.794. The molecule has 0 radical (unpaired) electrons. The minimum absolute atomic E-state index is 0.307. The van der Waals surface area contributed by atoms with Crippen molar-refractivity contribution in [3.8, 4) is 0 Å². The van der Waals surface area contributed by atoms with Crippen LogP contribution in [-0.4, -0.2) is 26.2 Å². The highest BCUT2D eigenvalue weighted by atomic mass is 35.5. The maximum Gasteiger partial charge on any atom is 0.136 e. The van der Waals surface area contributed by atoms with Crippen LogP contribution in [0.25, 0.3) is 0 Å². The summed E-state index contributed by atoms with van der Waals surface area (Å²) < 4.78 is 28.7. The first-order valence-electron chi connectivity index (χ1n) is 7.92. The Hall–Kier alpha value is -0.330. The Bertz CT molecular complexity index is 530. The lowest BCUT2D eigenvalue weighted by atomic mass is 9.76. The molecule has 1 aliphatic rings. The third-order valence-corrected chi connectivity index (χ3v) is 6.22. The molecule has 1 aromatic carbocycles. The molecule has 0 saturated heterocycles. The van der Waals surface area contributed by atoms with Crippen LogP contribution in [0, 0.1) is 0 Å². The van der Waals surface area contributed by atoms with Crippen LogP contribution >= 0.6 is 11.6 Å². The van der Waals surface area contributed by atoms with E-state index in [1.165, 1.54) is 0 Å². The first-order valence-corrected chi connectivity index (χ1v) is 9.45. The Morgan fingerprint density at radius 1 is 1.35 bits per heavy atom. The van der Waals surface area contributed by atoms with Crippen molar-refractivity contribution < 1.29 is 14.0 Å². The van der Waals surface area contributed by atoms with Crippen molar-refractivity contribution in [2.45, 2.75) is 69.0 Å². The average molecular weight is 362 g/mol. The summed E-state index contributed by atoms with van der Waals surface area (Å²) in [7, 11) is 0. The van der Waals surface area contributed by atoms with E-state index < -0.39 is 33.9 Å². The number of rotatable bonds is 4. The summed E-state index contributed by atoms with van der Waals surface area (Å²) in [5.41, 5.74) is -0.458. The van der Waals surface area contributed by atoms with Gasteiger partial charge in [0.05, 0.1) is 5.60 Å². The molecule has 2 atom stereocenters. The van der Waals surface area contributed by atoms with Gasteiger partial charge in [-0.3, -0.25) is 0 Å². The molecule has 0 heterocycles. The zero-order valence-corrected chi connectivity index (χ0v) is 15.4. The topological polar surface area (TPSA) is 55.3 Å². The van der Waals surface area contributed by atoms with Gasteiger partial charge >= 0.3 is 0 Å². The molecule has 0 spiro atoms. The van der Waals surface area contributed by atoms with Crippen molar-refractivity contribution >= 4 is 23.0 Å². The van der Waals surface area contributed by atoms with Crippen LogP contribution < -0.4 is 4.72 Å². The summed E-state index contributed by atoms with van der Waals surface area (Å²) >= 11 is 4.93. The molecule has 0 amide bonds. The molecule has 3 nitrogen and oxygen atoms in total. The fourth-order valence-electron chi connectivity index (χ4n) is 2.83. The van der Waals surface area contributed by atoms with Gasteiger partial charge in [-0.15, -0.1) is 4.72 Å². The second-order valence-electron chi connectivity index (χ2n) is 7.23. The van der Waals surface area contributed by atoms with E-state index in [0.29, 0.717) is 36.3 Å². The largest absolute Gasteiger partial charge is 0.598 e. The molecule has 2 rings (SSSR count). The van der Waals surface area contributed by atoms with Gasteiger partial charge in [-0.05, 0) is 58.1 Å². The third-order valence-electron chi connectivity index (χ3n) is 4.32. The van der Waals surface area contributed by atoms with E-state index in [9.17, 15) is 14.0 Å². The molecule has 1 unspecified atom stereocenters. The predicted octanol–water partition coefficient (Wildman–Crippen LogP) is 4.08. The van der Waals surface area contributed by atoms with E-state index in [1.54, 1.807) is 6.07 Å². The van der Waals surface area contributed by atoms with E-state index in [-0.39, 0.29) is 0 Å². The van der Waals surface area contributed by atoms with Crippen LogP contribution in [0.3, 0.4) is 0 Å². The second-order valence-corrected chi connectivity index (χ2v) is 9.64. The Balaban J connectivity index is 2.34. The summed E-state index contributed by atoms with van der Waals surface area (Å²) in [4.78, 5) is 0. The van der Waals surface area contributed by atoms with Crippen LogP contribution in [-0.2, 0) is 11.4 Å². The molecule has 23 heavy (non-hydrogen) atoms. The molecule has 0 aromatic heterocycles. The van der Waals surface area contributed by atoms with E-state index in [0.717, 1.165) is 0 Å². The molecule has 0 bridgehead atoms. The molecule has 1 fully saturated rings. The van der Waals surface area contributed by atoms with Crippen molar-refractivity contribution in [3.05, 3.63) is 34.9 Å². The molecule has 0 aliphatic heterocycles. The number of hydrogen-bond acceptors (Lipinski definition) is 3. The van der Waals surface area contributed by atoms with Gasteiger partial charge in [0.1, 0.15) is 17.0 Å². The minimum atomic E-state index is -1.37. The number of halogens is 2. The van der Waals surface area contributed by atoms with Crippen molar-refractivity contribution in [3.63, 3.8) is 0 Å². The number of aliphatic hydroxyl groups is 1. The molecular weight excluding hydrogens is 337 g/mol. The summed E-state index contributed by atoms with van der Waals surface area (Å²) in [5.74, 6) is 0. The highest BCUT2D eigenvalue weighted by Crippen LogP contribution is 2.42. The van der Waals surface area contributed by atoms with Crippen molar-refractivity contribution in [2.75, 3.05) is 0 Å². The SMILES string of the molecule is CC(C)(C)[S+]([O-])N[C@@H](c1ccccc1Cl)[C@]1(O)CC[C@@H](F)CC1. The molecule has 2 N–H and O–H groups in total. The maximum atomic E-state index is 13.5. The van der Waals surface area contributed by atoms with Crippen molar-refractivity contribution in [1.82, 2.24) is 4.72 Å². The summed E-state index contributed by atoms with van der Waals surface area (Å²) in [6.07, 6.45) is 0.370. The van der Waals surface area contributed by atoms with Gasteiger partial charge in [-0.2, -0.15) is 0 Å². The van der Waals surface area contributed by atoms with Crippen LogP contribution in [0.1, 0.15) is 58.1 Å². The molecule has 1 aromatic rings. The zero-order chi connectivity index (χ0) is 17.3. The van der Waals surface area contributed by atoms with Gasteiger partial charge in [-0.1, -0.05) is 29.8 Å². The third kappa shape index (κ3) is 4.60. The van der Waals surface area contributed by atoms with Crippen LogP contribution in [0.15, 0.2) is 24.3 Å². The van der Waals surface area contributed by atoms with Gasteiger partial charge in [0.25, 0.3) is 0 Å². The molecule has 6 heteroatoms. The van der Waals surface area contributed by atoms with Gasteiger partial charge in [0.15, 0.2) is 0 Å². The Labute approximate surface area is 145 Å². The smallest absolute Gasteiger partial charge is 0.136 e. The molecule has 1 aliphatic carbocycles. The van der Waals surface area contributed by atoms with Gasteiger partial charge in [-0.25, -0.2) is 4.39 Å². The monoisotopic (exact) mass is 361 g/mol. The highest BCUT2D eigenvalue weighted by Gasteiger charge is 2.45. The van der Waals surface area contributed by atoms with Gasteiger partial charge in [0.2, 0.25) is 0 Å². The predicted molar refractivity (Wildman–Crippen MR) is 93.5 cm³/mol. The fraction of sp³-hybridized carbons (Fsp3) is 0.647. The summed E-state index contributed by atoms with van der Waals surface area (Å²) in [5, 5.41) is 11.6. The maximum absolute atomic E-state index is 13.5. The molecular formula is C17H25ClFNO2S. The average Bonchev–Trinajstić information content (AvgIpc) is 2.48. The van der Waals surface area contributed by atoms with Crippen molar-refractivity contribution in [1.29, 1.82) is 0 Å². The second kappa shape index (κ2) is 7.28. The normalized spacial score (nSPS) is 28.4. The molecule has 1 saturated carbocycles. The summed E-state index contributed by atoms with van der Waals surface area (Å²) in [6, 6.07) is 6.62. The van der Waals surface area contributed by atoms with Crippen molar-refractivity contribution in [2.24, 2.45) is 0 Å². The Kier molecular flexibility index (Phi) is 6.01. The van der Waals surface area contributed by atoms with E-state index >= 15 is 0 Å². The zero-order valence-electron chi connectivity index (χ0n) is 13.8. The van der Waals surface area contributed by atoms with E-state index in [4.69, 9.17) is 11.6 Å². The van der Waals surface area contributed by atoms with Gasteiger partial charge in [0, 0.05) is 16.4 Å².